The third-order valence-electron chi connectivity index (χ3n) is 3.93. The van der Waals surface area contributed by atoms with Crippen LogP contribution in [0.25, 0.3) is 0 Å². The van der Waals surface area contributed by atoms with Gasteiger partial charge in [0.1, 0.15) is 0 Å². The minimum absolute atomic E-state index is 0.120. The molecule has 2 atom stereocenters. The van der Waals surface area contributed by atoms with E-state index in [2.05, 4.69) is 29.0 Å². The van der Waals surface area contributed by atoms with Crippen molar-refractivity contribution in [3.05, 3.63) is 39.3 Å². The Balaban J connectivity index is 1.49. The summed E-state index contributed by atoms with van der Waals surface area (Å²) in [6, 6.07) is 5.21. The molecule has 0 spiro atoms. The van der Waals surface area contributed by atoms with Crippen molar-refractivity contribution in [1.82, 2.24) is 9.88 Å². The van der Waals surface area contributed by atoms with E-state index < -0.39 is 0 Å². The van der Waals surface area contributed by atoms with Crippen LogP contribution in [0.3, 0.4) is 0 Å². The number of hydrogen-bond acceptors (Lipinski definition) is 6. The number of ether oxygens (including phenoxy) is 1. The van der Waals surface area contributed by atoms with E-state index in [1.807, 2.05) is 5.38 Å². The lowest BCUT2D eigenvalue weighted by molar-refractivity contribution is -0.113. The molecule has 146 valence electrons. The summed E-state index contributed by atoms with van der Waals surface area (Å²) in [5.41, 5.74) is 0.960. The van der Waals surface area contributed by atoms with Crippen LogP contribution >= 0.6 is 46.3 Å². The molecule has 0 saturated carbocycles. The van der Waals surface area contributed by atoms with Gasteiger partial charge in [0.25, 0.3) is 0 Å². The molecule has 5 nitrogen and oxygen atoms in total. The summed E-state index contributed by atoms with van der Waals surface area (Å²) in [6.45, 7) is 6.71. The van der Waals surface area contributed by atoms with Gasteiger partial charge in [-0.2, -0.15) is 0 Å². The fraction of sp³-hybridized carbons (Fsp3) is 0.444. The van der Waals surface area contributed by atoms with Crippen LogP contribution in [0.2, 0.25) is 10.0 Å². The summed E-state index contributed by atoms with van der Waals surface area (Å²) in [6.07, 6.45) is 0.448. The number of anilines is 1. The first-order valence-corrected chi connectivity index (χ1v) is 11.2. The van der Waals surface area contributed by atoms with Gasteiger partial charge in [0, 0.05) is 34.9 Å². The molecular formula is C18H21Cl2N3O2S2. The molecular weight excluding hydrogens is 425 g/mol. The van der Waals surface area contributed by atoms with E-state index in [-0.39, 0.29) is 23.9 Å². The van der Waals surface area contributed by atoms with Crippen LogP contribution in [-0.4, -0.2) is 46.8 Å². The lowest BCUT2D eigenvalue weighted by atomic mass is 10.2. The predicted molar refractivity (Wildman–Crippen MR) is 113 cm³/mol. The van der Waals surface area contributed by atoms with Crippen molar-refractivity contribution in [2.24, 2.45) is 0 Å². The van der Waals surface area contributed by atoms with E-state index in [9.17, 15) is 4.79 Å². The number of benzene rings is 1. The Morgan fingerprint density at radius 2 is 2.11 bits per heavy atom. The number of nitrogens with zero attached hydrogens (tertiary/aromatic N) is 2. The maximum Gasteiger partial charge on any atom is 0.236 e. The van der Waals surface area contributed by atoms with E-state index in [0.29, 0.717) is 15.2 Å². The fourth-order valence-electron chi connectivity index (χ4n) is 2.97. The van der Waals surface area contributed by atoms with Crippen molar-refractivity contribution in [2.45, 2.75) is 37.5 Å². The Morgan fingerprint density at radius 1 is 1.37 bits per heavy atom. The second-order valence-corrected chi connectivity index (χ2v) is 9.23. The molecule has 1 N–H and O–H groups in total. The van der Waals surface area contributed by atoms with Crippen LogP contribution in [0.4, 0.5) is 5.13 Å². The maximum absolute atomic E-state index is 12.2. The second-order valence-electron chi connectivity index (χ2n) is 6.51. The average molecular weight is 446 g/mol. The van der Waals surface area contributed by atoms with Gasteiger partial charge in [-0.3, -0.25) is 9.69 Å². The molecule has 9 heteroatoms. The number of carbonyl (C=O) groups is 1. The van der Waals surface area contributed by atoms with E-state index >= 15 is 0 Å². The number of rotatable bonds is 6. The molecule has 2 aromatic rings. The van der Waals surface area contributed by atoms with Crippen LogP contribution < -0.4 is 5.32 Å². The summed E-state index contributed by atoms with van der Waals surface area (Å²) in [5, 5.41) is 6.63. The second kappa shape index (κ2) is 9.58. The Morgan fingerprint density at radius 3 is 2.85 bits per heavy atom. The molecule has 1 aromatic carbocycles. The fourth-order valence-corrected chi connectivity index (χ4v) is 4.98. The van der Waals surface area contributed by atoms with Crippen LogP contribution in [0.1, 0.15) is 19.5 Å². The minimum atomic E-state index is -0.120. The number of morpholine rings is 1. The molecule has 3 rings (SSSR count). The van der Waals surface area contributed by atoms with Crippen LogP contribution in [0.5, 0.6) is 0 Å². The topological polar surface area (TPSA) is 54.5 Å². The molecule has 2 unspecified atom stereocenters. The van der Waals surface area contributed by atoms with E-state index in [4.69, 9.17) is 27.9 Å². The van der Waals surface area contributed by atoms with Crippen LogP contribution in [-0.2, 0) is 16.1 Å². The first kappa shape index (κ1) is 20.9. The molecule has 0 radical (unpaired) electrons. The van der Waals surface area contributed by atoms with Crippen LogP contribution in [0.15, 0.2) is 28.5 Å². The molecule has 1 amide bonds. The monoisotopic (exact) mass is 445 g/mol. The molecule has 1 fully saturated rings. The quantitative estimate of drug-likeness (QED) is 0.647. The normalized spacial score (nSPS) is 20.6. The highest BCUT2D eigenvalue weighted by Gasteiger charge is 2.22. The number of aromatic nitrogens is 1. The minimum Gasteiger partial charge on any atom is -0.373 e. The summed E-state index contributed by atoms with van der Waals surface area (Å²) in [5.74, 6) is 0.124. The number of hydrogen-bond donors (Lipinski definition) is 1. The highest BCUT2D eigenvalue weighted by molar-refractivity contribution is 8.00. The Kier molecular flexibility index (Phi) is 7.42. The Bertz CT molecular complexity index is 793. The number of halogens is 2. The van der Waals surface area contributed by atoms with Crippen molar-refractivity contribution >= 4 is 57.3 Å². The first-order valence-electron chi connectivity index (χ1n) is 8.59. The van der Waals surface area contributed by atoms with Gasteiger partial charge >= 0.3 is 0 Å². The Labute approximate surface area is 177 Å². The largest absolute Gasteiger partial charge is 0.373 e. The number of nitrogens with one attached hydrogen (secondary N) is 1. The molecule has 1 aromatic heterocycles. The highest BCUT2D eigenvalue weighted by Crippen LogP contribution is 2.30. The number of carbonyl (C=O) groups excluding carboxylic acids is 1. The van der Waals surface area contributed by atoms with Crippen LogP contribution in [0, 0.1) is 0 Å². The zero-order valence-electron chi connectivity index (χ0n) is 15.1. The molecule has 1 aliphatic rings. The number of thiazole rings is 1. The average Bonchev–Trinajstić information content (AvgIpc) is 3.01. The van der Waals surface area contributed by atoms with Crippen molar-refractivity contribution in [1.29, 1.82) is 0 Å². The van der Waals surface area contributed by atoms with E-state index in [0.717, 1.165) is 30.2 Å². The molecule has 0 bridgehead atoms. The molecule has 27 heavy (non-hydrogen) atoms. The third kappa shape index (κ3) is 6.34. The van der Waals surface area contributed by atoms with Crippen molar-refractivity contribution in [2.75, 3.05) is 24.2 Å². The van der Waals surface area contributed by atoms with E-state index in [1.54, 1.807) is 18.2 Å². The lowest BCUT2D eigenvalue weighted by Crippen LogP contribution is -2.44. The molecule has 1 saturated heterocycles. The van der Waals surface area contributed by atoms with Gasteiger partial charge in [-0.1, -0.05) is 23.2 Å². The van der Waals surface area contributed by atoms with Gasteiger partial charge < -0.3 is 10.1 Å². The summed E-state index contributed by atoms with van der Waals surface area (Å²) >= 11 is 14.9. The van der Waals surface area contributed by atoms with Gasteiger partial charge in [-0.05, 0) is 32.0 Å². The maximum atomic E-state index is 12.2. The van der Waals surface area contributed by atoms with Gasteiger partial charge in [0.15, 0.2) is 5.13 Å². The third-order valence-corrected chi connectivity index (χ3v) is 6.47. The van der Waals surface area contributed by atoms with Crippen molar-refractivity contribution < 1.29 is 9.53 Å². The molecule has 0 aliphatic carbocycles. The van der Waals surface area contributed by atoms with Gasteiger partial charge in [0.2, 0.25) is 5.91 Å². The highest BCUT2D eigenvalue weighted by atomic mass is 35.5. The number of amides is 1. The first-order chi connectivity index (χ1) is 12.9. The Hall–Kier alpha value is -0.830. The van der Waals surface area contributed by atoms with Gasteiger partial charge in [0.05, 0.1) is 28.7 Å². The standard InChI is InChI=1S/C18H21Cl2N3O2S2/c1-11-6-23(7-12(2)25-11)8-14-9-27-18(21-14)22-17(24)10-26-16-5-13(19)3-4-15(16)20/h3-5,9,11-12H,6-8,10H2,1-2H3,(H,21,22,24). The molecule has 2 heterocycles. The summed E-state index contributed by atoms with van der Waals surface area (Å²) < 4.78 is 5.75. The summed E-state index contributed by atoms with van der Waals surface area (Å²) in [4.78, 5) is 19.8. The lowest BCUT2D eigenvalue weighted by Gasteiger charge is -2.34. The number of thioether (sulfide) groups is 1. The van der Waals surface area contributed by atoms with Gasteiger partial charge in [-0.15, -0.1) is 23.1 Å². The van der Waals surface area contributed by atoms with Crippen molar-refractivity contribution in [3.8, 4) is 0 Å². The zero-order chi connectivity index (χ0) is 19.4. The zero-order valence-corrected chi connectivity index (χ0v) is 18.2. The van der Waals surface area contributed by atoms with E-state index in [1.165, 1.54) is 23.1 Å². The predicted octanol–water partition coefficient (Wildman–Crippen LogP) is 4.79. The SMILES string of the molecule is CC1CN(Cc2csc(NC(=O)CSc3cc(Cl)ccc3Cl)n2)CC(C)O1. The van der Waals surface area contributed by atoms with Gasteiger partial charge in [-0.25, -0.2) is 4.98 Å². The molecule has 1 aliphatic heterocycles. The van der Waals surface area contributed by atoms with Crippen molar-refractivity contribution in [3.63, 3.8) is 0 Å². The summed E-state index contributed by atoms with van der Waals surface area (Å²) in [7, 11) is 0. The smallest absolute Gasteiger partial charge is 0.236 e.